The molecule has 0 unspecified atom stereocenters. The zero-order chi connectivity index (χ0) is 25.3. The van der Waals surface area contributed by atoms with E-state index in [1.54, 1.807) is 13.8 Å². The molecule has 1 heterocycles. The summed E-state index contributed by atoms with van der Waals surface area (Å²) in [4.78, 5) is 73.1. The van der Waals surface area contributed by atoms with Crippen molar-refractivity contribution in [1.29, 1.82) is 0 Å². The number of carboxylic acids is 2. The first-order valence-electron chi connectivity index (χ1n) is 10.8. The van der Waals surface area contributed by atoms with Crippen LogP contribution in [0.2, 0.25) is 0 Å². The van der Waals surface area contributed by atoms with Crippen LogP contribution in [0.15, 0.2) is 0 Å². The van der Waals surface area contributed by atoms with E-state index in [1.807, 2.05) is 0 Å². The molecule has 1 rings (SSSR count). The lowest BCUT2D eigenvalue weighted by atomic mass is 9.97. The van der Waals surface area contributed by atoms with Crippen LogP contribution in [0.25, 0.3) is 0 Å². The predicted molar refractivity (Wildman–Crippen MR) is 114 cm³/mol. The van der Waals surface area contributed by atoms with Crippen LogP contribution in [0.3, 0.4) is 0 Å². The van der Waals surface area contributed by atoms with Crippen molar-refractivity contribution in [2.24, 2.45) is 17.4 Å². The number of carbonyl (C=O) groups excluding carboxylic acids is 4. The summed E-state index contributed by atoms with van der Waals surface area (Å²) in [5.41, 5.74) is 10.9. The molecule has 0 bridgehead atoms. The number of hydrogen-bond acceptors (Lipinski definition) is 7. The lowest BCUT2D eigenvalue weighted by molar-refractivity contribution is -0.149. The third kappa shape index (κ3) is 8.33. The molecule has 0 radical (unpaired) electrons. The maximum absolute atomic E-state index is 13.0. The van der Waals surface area contributed by atoms with Crippen LogP contribution in [0.5, 0.6) is 0 Å². The number of nitrogens with one attached hydrogen (secondary N) is 2. The summed E-state index contributed by atoms with van der Waals surface area (Å²) in [6.07, 6.45) is 0.157. The summed E-state index contributed by atoms with van der Waals surface area (Å²) in [6.45, 7) is 3.61. The number of nitrogens with zero attached hydrogens (tertiary/aromatic N) is 1. The molecule has 13 heteroatoms. The molecule has 0 aromatic rings. The topological polar surface area (TPSA) is 222 Å². The van der Waals surface area contributed by atoms with Crippen molar-refractivity contribution in [2.75, 3.05) is 6.54 Å². The Morgan fingerprint density at radius 1 is 1.09 bits per heavy atom. The van der Waals surface area contributed by atoms with Crippen molar-refractivity contribution in [1.82, 2.24) is 15.5 Å². The van der Waals surface area contributed by atoms with Gasteiger partial charge in [0.05, 0.1) is 12.5 Å². The first-order chi connectivity index (χ1) is 15.4. The van der Waals surface area contributed by atoms with Gasteiger partial charge in [0.1, 0.15) is 18.1 Å². The zero-order valence-corrected chi connectivity index (χ0v) is 18.8. The van der Waals surface area contributed by atoms with E-state index in [4.69, 9.17) is 16.6 Å². The van der Waals surface area contributed by atoms with E-state index < -0.39 is 72.1 Å². The minimum Gasteiger partial charge on any atom is -0.481 e. The second kappa shape index (κ2) is 12.7. The number of aliphatic carboxylic acids is 2. The van der Waals surface area contributed by atoms with E-state index in [-0.39, 0.29) is 25.8 Å². The summed E-state index contributed by atoms with van der Waals surface area (Å²) in [5.74, 6) is -5.84. The number of amides is 4. The average molecular weight is 472 g/mol. The Balaban J connectivity index is 3.00. The number of hydrogen-bond donors (Lipinski definition) is 6. The Labute approximate surface area is 191 Å². The second-order valence-electron chi connectivity index (χ2n) is 8.17. The molecule has 13 nitrogen and oxygen atoms in total. The summed E-state index contributed by atoms with van der Waals surface area (Å²) >= 11 is 0. The average Bonchev–Trinajstić information content (AvgIpc) is 3.23. The molecular formula is C20H33N5O8. The Morgan fingerprint density at radius 3 is 2.24 bits per heavy atom. The van der Waals surface area contributed by atoms with Gasteiger partial charge in [-0.05, 0) is 25.2 Å². The molecule has 33 heavy (non-hydrogen) atoms. The van der Waals surface area contributed by atoms with Crippen molar-refractivity contribution < 1.29 is 39.0 Å². The maximum Gasteiger partial charge on any atom is 0.326 e. The fourth-order valence-electron chi connectivity index (χ4n) is 3.52. The largest absolute Gasteiger partial charge is 0.481 e. The predicted octanol–water partition coefficient (Wildman–Crippen LogP) is -1.85. The van der Waals surface area contributed by atoms with Crippen molar-refractivity contribution in [2.45, 2.75) is 76.5 Å². The molecule has 186 valence electrons. The first-order valence-corrected chi connectivity index (χ1v) is 10.8. The molecule has 0 aliphatic carbocycles. The fourth-order valence-corrected chi connectivity index (χ4v) is 3.52. The molecule has 8 N–H and O–H groups in total. The van der Waals surface area contributed by atoms with E-state index in [2.05, 4.69) is 10.6 Å². The molecular weight excluding hydrogens is 438 g/mol. The van der Waals surface area contributed by atoms with Crippen molar-refractivity contribution in [3.63, 3.8) is 0 Å². The summed E-state index contributed by atoms with van der Waals surface area (Å²) in [6, 6.07) is -4.76. The quantitative estimate of drug-likeness (QED) is 0.177. The van der Waals surface area contributed by atoms with Gasteiger partial charge in [-0.3, -0.25) is 24.0 Å². The number of primary amides is 1. The van der Waals surface area contributed by atoms with Crippen molar-refractivity contribution in [3.8, 4) is 0 Å². The van der Waals surface area contributed by atoms with Gasteiger partial charge in [-0.2, -0.15) is 0 Å². The first kappa shape index (κ1) is 27.8. The molecule has 1 aliphatic heterocycles. The minimum atomic E-state index is -1.40. The number of carboxylic acid groups (broad SMARTS) is 2. The monoisotopic (exact) mass is 471 g/mol. The van der Waals surface area contributed by atoms with Gasteiger partial charge >= 0.3 is 11.9 Å². The van der Waals surface area contributed by atoms with Crippen LogP contribution in [-0.4, -0.2) is 81.4 Å². The second-order valence-corrected chi connectivity index (χ2v) is 8.17. The highest BCUT2D eigenvalue weighted by Gasteiger charge is 2.39. The Morgan fingerprint density at radius 2 is 1.73 bits per heavy atom. The van der Waals surface area contributed by atoms with Gasteiger partial charge in [0.25, 0.3) is 0 Å². The Kier molecular flexibility index (Phi) is 10.7. The van der Waals surface area contributed by atoms with Crippen LogP contribution in [-0.2, 0) is 28.8 Å². The van der Waals surface area contributed by atoms with E-state index in [0.29, 0.717) is 12.8 Å². The van der Waals surface area contributed by atoms with Gasteiger partial charge in [0.2, 0.25) is 23.6 Å². The Bertz CT molecular complexity index is 774. The standard InChI is InChI=1S/C20H33N5O8/c1-3-10(2)16(24-17(29)11(21)6-7-15(27)28)18(30)23-12(9-14(22)26)19(31)25-8-4-5-13(25)20(32)33/h10-13,16H,3-9,21H2,1-2H3,(H2,22,26)(H,23,30)(H,24,29)(H,27,28)(H,32,33)/t10-,11-,12-,13-,16-/m0/s1. The van der Waals surface area contributed by atoms with Crippen LogP contribution in [0, 0.1) is 5.92 Å². The number of likely N-dealkylation sites (tertiary alicyclic amines) is 1. The SMILES string of the molecule is CC[C@H](C)[C@H](NC(=O)[C@@H](N)CCC(=O)O)C(=O)N[C@@H](CC(N)=O)C(=O)N1CCC[C@H]1C(=O)O. The summed E-state index contributed by atoms with van der Waals surface area (Å²) in [5, 5.41) is 23.0. The summed E-state index contributed by atoms with van der Waals surface area (Å²) < 4.78 is 0. The molecule has 0 aromatic heterocycles. The summed E-state index contributed by atoms with van der Waals surface area (Å²) in [7, 11) is 0. The van der Waals surface area contributed by atoms with E-state index in [9.17, 15) is 33.9 Å². The fraction of sp³-hybridized carbons (Fsp3) is 0.700. The maximum atomic E-state index is 13.0. The third-order valence-corrected chi connectivity index (χ3v) is 5.64. The zero-order valence-electron chi connectivity index (χ0n) is 18.8. The highest BCUT2D eigenvalue weighted by atomic mass is 16.4. The molecule has 0 aromatic carbocycles. The van der Waals surface area contributed by atoms with E-state index in [1.165, 1.54) is 0 Å². The lowest BCUT2D eigenvalue weighted by Gasteiger charge is -2.30. The molecule has 1 saturated heterocycles. The van der Waals surface area contributed by atoms with Gasteiger partial charge in [0, 0.05) is 13.0 Å². The Hall–Kier alpha value is -3.22. The molecule has 5 atom stereocenters. The molecule has 0 saturated carbocycles. The van der Waals surface area contributed by atoms with Gasteiger partial charge in [-0.25, -0.2) is 4.79 Å². The third-order valence-electron chi connectivity index (χ3n) is 5.64. The number of carbonyl (C=O) groups is 6. The van der Waals surface area contributed by atoms with Crippen molar-refractivity contribution in [3.05, 3.63) is 0 Å². The van der Waals surface area contributed by atoms with E-state index in [0.717, 1.165) is 4.90 Å². The highest BCUT2D eigenvalue weighted by molar-refractivity contribution is 5.96. The van der Waals surface area contributed by atoms with Gasteiger partial charge in [-0.1, -0.05) is 20.3 Å². The molecule has 1 aliphatic rings. The molecule has 0 spiro atoms. The van der Waals surface area contributed by atoms with Gasteiger partial charge in [-0.15, -0.1) is 0 Å². The van der Waals surface area contributed by atoms with Crippen molar-refractivity contribution >= 4 is 35.6 Å². The van der Waals surface area contributed by atoms with Crippen LogP contribution in [0.4, 0.5) is 0 Å². The van der Waals surface area contributed by atoms with Crippen LogP contribution >= 0.6 is 0 Å². The normalized spacial score (nSPS) is 19.1. The van der Waals surface area contributed by atoms with Crippen LogP contribution in [0.1, 0.15) is 52.4 Å². The molecule has 1 fully saturated rings. The van der Waals surface area contributed by atoms with Gasteiger partial charge in [0.15, 0.2) is 0 Å². The number of nitrogens with two attached hydrogens (primary N) is 2. The molecule has 4 amide bonds. The number of rotatable bonds is 13. The van der Waals surface area contributed by atoms with Crippen LogP contribution < -0.4 is 22.1 Å². The lowest BCUT2D eigenvalue weighted by Crippen LogP contribution is -2.59. The smallest absolute Gasteiger partial charge is 0.326 e. The highest BCUT2D eigenvalue weighted by Crippen LogP contribution is 2.19. The van der Waals surface area contributed by atoms with E-state index >= 15 is 0 Å². The van der Waals surface area contributed by atoms with Gasteiger partial charge < -0.3 is 37.2 Å². The minimum absolute atomic E-state index is 0.135.